The largest absolute Gasteiger partial charge is 0.368 e. The Hall–Kier alpha value is -3.55. The molecule has 0 bridgehead atoms. The fourth-order valence-corrected chi connectivity index (χ4v) is 2.26. The lowest BCUT2D eigenvalue weighted by atomic mass is 10.2. The molecule has 3 N–H and O–H groups in total. The van der Waals surface area contributed by atoms with Gasteiger partial charge in [-0.05, 0) is 31.2 Å². The van der Waals surface area contributed by atoms with Crippen LogP contribution >= 0.6 is 0 Å². The first kappa shape index (κ1) is 17.3. The van der Waals surface area contributed by atoms with Crippen molar-refractivity contribution >= 4 is 23.4 Å². The summed E-state index contributed by atoms with van der Waals surface area (Å²) < 4.78 is 0. The van der Waals surface area contributed by atoms with E-state index in [1.54, 1.807) is 36.8 Å². The van der Waals surface area contributed by atoms with Gasteiger partial charge in [0.25, 0.3) is 5.91 Å². The maximum atomic E-state index is 12.0. The monoisotopic (exact) mass is 349 g/mol. The van der Waals surface area contributed by atoms with Crippen LogP contribution in [0.25, 0.3) is 0 Å². The number of anilines is 3. The Bertz CT molecular complexity index is 856. The number of nitrogens with zero attached hydrogens (tertiary/aromatic N) is 4. The van der Waals surface area contributed by atoms with Gasteiger partial charge in [-0.2, -0.15) is 0 Å². The first-order valence-corrected chi connectivity index (χ1v) is 8.16. The number of carbonyl (C=O) groups is 1. The lowest BCUT2D eigenvalue weighted by molar-refractivity contribution is 0.0955. The average Bonchev–Trinajstić information content (AvgIpc) is 2.66. The van der Waals surface area contributed by atoms with Crippen molar-refractivity contribution < 1.29 is 4.79 Å². The average molecular weight is 349 g/mol. The summed E-state index contributed by atoms with van der Waals surface area (Å²) in [5.74, 6) is 2.54. The van der Waals surface area contributed by atoms with E-state index in [-0.39, 0.29) is 5.91 Å². The zero-order valence-electron chi connectivity index (χ0n) is 14.3. The topological polar surface area (TPSA) is 105 Å². The van der Waals surface area contributed by atoms with Gasteiger partial charge in [0, 0.05) is 43.3 Å². The third kappa shape index (κ3) is 4.97. The van der Waals surface area contributed by atoms with E-state index in [9.17, 15) is 4.79 Å². The third-order valence-corrected chi connectivity index (χ3v) is 3.42. The van der Waals surface area contributed by atoms with Crippen LogP contribution in [0.5, 0.6) is 0 Å². The minimum atomic E-state index is -0.134. The molecule has 3 heterocycles. The molecule has 0 aliphatic rings. The first-order chi connectivity index (χ1) is 12.7. The highest BCUT2D eigenvalue weighted by atomic mass is 16.1. The van der Waals surface area contributed by atoms with Crippen molar-refractivity contribution in [2.75, 3.05) is 23.7 Å². The van der Waals surface area contributed by atoms with Crippen molar-refractivity contribution in [2.24, 2.45) is 0 Å². The zero-order valence-corrected chi connectivity index (χ0v) is 14.3. The van der Waals surface area contributed by atoms with E-state index in [0.29, 0.717) is 41.9 Å². The van der Waals surface area contributed by atoms with Crippen LogP contribution in [0.1, 0.15) is 16.2 Å². The molecule has 3 rings (SSSR count). The minimum absolute atomic E-state index is 0.134. The van der Waals surface area contributed by atoms with Gasteiger partial charge in [0.1, 0.15) is 23.3 Å². The van der Waals surface area contributed by atoms with Crippen molar-refractivity contribution in [3.8, 4) is 0 Å². The quantitative estimate of drug-likeness (QED) is 0.561. The minimum Gasteiger partial charge on any atom is -0.368 e. The molecule has 26 heavy (non-hydrogen) atoms. The van der Waals surface area contributed by atoms with Crippen LogP contribution < -0.4 is 16.0 Å². The van der Waals surface area contributed by atoms with Crippen LogP contribution in [0, 0.1) is 6.92 Å². The molecule has 0 radical (unpaired) electrons. The van der Waals surface area contributed by atoms with Gasteiger partial charge < -0.3 is 16.0 Å². The van der Waals surface area contributed by atoms with E-state index in [1.807, 2.05) is 25.1 Å². The van der Waals surface area contributed by atoms with Crippen LogP contribution in [0.15, 0.2) is 55.0 Å². The molecule has 0 fully saturated rings. The highest BCUT2D eigenvalue weighted by molar-refractivity contribution is 5.93. The van der Waals surface area contributed by atoms with Crippen molar-refractivity contribution in [1.29, 1.82) is 0 Å². The van der Waals surface area contributed by atoms with E-state index < -0.39 is 0 Å². The lowest BCUT2D eigenvalue weighted by Crippen LogP contribution is -2.28. The third-order valence-electron chi connectivity index (χ3n) is 3.42. The number of hydrogen-bond donors (Lipinski definition) is 3. The van der Waals surface area contributed by atoms with E-state index in [2.05, 4.69) is 35.9 Å². The van der Waals surface area contributed by atoms with Crippen molar-refractivity contribution in [1.82, 2.24) is 25.3 Å². The van der Waals surface area contributed by atoms with Crippen molar-refractivity contribution in [2.45, 2.75) is 6.92 Å². The molecule has 0 saturated carbocycles. The van der Waals surface area contributed by atoms with Gasteiger partial charge in [0.2, 0.25) is 0 Å². The molecule has 0 saturated heterocycles. The Morgan fingerprint density at radius 1 is 0.962 bits per heavy atom. The van der Waals surface area contributed by atoms with Gasteiger partial charge in [-0.1, -0.05) is 6.07 Å². The molecule has 0 aliphatic heterocycles. The summed E-state index contributed by atoms with van der Waals surface area (Å²) in [4.78, 5) is 28.8. The molecule has 132 valence electrons. The normalized spacial score (nSPS) is 10.2. The number of rotatable bonds is 7. The van der Waals surface area contributed by atoms with Crippen LogP contribution in [0.3, 0.4) is 0 Å². The summed E-state index contributed by atoms with van der Waals surface area (Å²) >= 11 is 0. The molecule has 3 aromatic rings. The molecular formula is C18H19N7O. The number of pyridine rings is 2. The van der Waals surface area contributed by atoms with Crippen LogP contribution in [-0.4, -0.2) is 38.9 Å². The molecule has 0 atom stereocenters. The van der Waals surface area contributed by atoms with Crippen molar-refractivity contribution in [3.63, 3.8) is 0 Å². The SMILES string of the molecule is Cc1nc(NCCNC(=O)c2ccncc2)cc(Nc2ccccn2)n1. The van der Waals surface area contributed by atoms with Crippen molar-refractivity contribution in [3.05, 3.63) is 66.4 Å². The molecule has 8 heteroatoms. The summed E-state index contributed by atoms with van der Waals surface area (Å²) in [5.41, 5.74) is 0.583. The van der Waals surface area contributed by atoms with Gasteiger partial charge in [-0.15, -0.1) is 0 Å². The van der Waals surface area contributed by atoms with Crippen LogP contribution in [-0.2, 0) is 0 Å². The van der Waals surface area contributed by atoms with E-state index in [4.69, 9.17) is 0 Å². The van der Waals surface area contributed by atoms with Gasteiger partial charge in [0.15, 0.2) is 0 Å². The predicted octanol–water partition coefficient (Wildman–Crippen LogP) is 2.16. The molecule has 0 aromatic carbocycles. The second-order valence-corrected chi connectivity index (χ2v) is 5.44. The van der Waals surface area contributed by atoms with Gasteiger partial charge in [0.05, 0.1) is 0 Å². The Morgan fingerprint density at radius 2 is 1.77 bits per heavy atom. The number of amides is 1. The summed E-state index contributed by atoms with van der Waals surface area (Å²) in [5, 5.41) is 9.16. The van der Waals surface area contributed by atoms with Crippen LogP contribution in [0.2, 0.25) is 0 Å². The smallest absolute Gasteiger partial charge is 0.251 e. The standard InChI is InChI=1S/C18H19N7O/c1-13-23-16(12-17(24-13)25-15-4-2-3-7-20-15)21-10-11-22-18(26)14-5-8-19-9-6-14/h2-9,12H,10-11H2,1H3,(H,22,26)(H2,20,21,23,24,25). The second kappa shape index (κ2) is 8.52. The summed E-state index contributed by atoms with van der Waals surface area (Å²) in [6, 6.07) is 10.8. The Morgan fingerprint density at radius 3 is 2.54 bits per heavy atom. The highest BCUT2D eigenvalue weighted by Gasteiger charge is 2.05. The van der Waals surface area contributed by atoms with E-state index in [0.717, 1.165) is 0 Å². The molecule has 3 aromatic heterocycles. The van der Waals surface area contributed by atoms with Gasteiger partial charge in [-0.25, -0.2) is 15.0 Å². The zero-order chi connectivity index (χ0) is 18.2. The highest BCUT2D eigenvalue weighted by Crippen LogP contribution is 2.15. The summed E-state index contributed by atoms with van der Waals surface area (Å²) in [6.07, 6.45) is 4.89. The predicted molar refractivity (Wildman–Crippen MR) is 99.3 cm³/mol. The molecule has 0 aliphatic carbocycles. The maximum Gasteiger partial charge on any atom is 0.251 e. The first-order valence-electron chi connectivity index (χ1n) is 8.16. The Kier molecular flexibility index (Phi) is 5.66. The number of nitrogens with one attached hydrogen (secondary N) is 3. The Balaban J connectivity index is 1.52. The number of carbonyl (C=O) groups excluding carboxylic acids is 1. The van der Waals surface area contributed by atoms with Crippen LogP contribution in [0.4, 0.5) is 17.5 Å². The molecule has 1 amide bonds. The molecular weight excluding hydrogens is 330 g/mol. The fraction of sp³-hybridized carbons (Fsp3) is 0.167. The molecule has 0 spiro atoms. The van der Waals surface area contributed by atoms with Gasteiger partial charge in [-0.3, -0.25) is 9.78 Å². The summed E-state index contributed by atoms with van der Waals surface area (Å²) in [6.45, 7) is 2.82. The lowest BCUT2D eigenvalue weighted by Gasteiger charge is -2.10. The number of aromatic nitrogens is 4. The second-order valence-electron chi connectivity index (χ2n) is 5.44. The molecule has 0 unspecified atom stereocenters. The fourth-order valence-electron chi connectivity index (χ4n) is 2.26. The van der Waals surface area contributed by atoms with E-state index in [1.165, 1.54) is 0 Å². The van der Waals surface area contributed by atoms with Gasteiger partial charge >= 0.3 is 0 Å². The number of hydrogen-bond acceptors (Lipinski definition) is 7. The van der Waals surface area contributed by atoms with E-state index >= 15 is 0 Å². The molecule has 8 nitrogen and oxygen atoms in total. The maximum absolute atomic E-state index is 12.0. The Labute approximate surface area is 151 Å². The number of aryl methyl sites for hydroxylation is 1. The summed E-state index contributed by atoms with van der Waals surface area (Å²) in [7, 11) is 0.